The number of para-hydroxylation sites is 1. The molecule has 2 aromatic heterocycles. The first-order valence-corrected chi connectivity index (χ1v) is 18.6. The van der Waals surface area contributed by atoms with Gasteiger partial charge in [-0.3, -0.25) is 0 Å². The van der Waals surface area contributed by atoms with Gasteiger partial charge in [0.1, 0.15) is 11.2 Å². The summed E-state index contributed by atoms with van der Waals surface area (Å²) in [6.45, 7) is 8.85. The number of nitrogens with one attached hydrogen (secondary N) is 1. The van der Waals surface area contributed by atoms with Gasteiger partial charge >= 0.3 is 0 Å². The molecule has 0 radical (unpaired) electrons. The van der Waals surface area contributed by atoms with Crippen LogP contribution in [-0.4, -0.2) is 0 Å². The van der Waals surface area contributed by atoms with E-state index < -0.39 is 0 Å². The van der Waals surface area contributed by atoms with E-state index in [2.05, 4.69) is 185 Å². The number of thiophene rings is 1. The van der Waals surface area contributed by atoms with Crippen molar-refractivity contribution in [1.82, 2.24) is 0 Å². The van der Waals surface area contributed by atoms with E-state index in [-0.39, 0.29) is 0 Å². The number of fused-ring (bicyclic) bond motifs is 7. The Labute approximate surface area is 304 Å². The van der Waals surface area contributed by atoms with Gasteiger partial charge in [0.15, 0.2) is 0 Å². The van der Waals surface area contributed by atoms with Gasteiger partial charge in [0.25, 0.3) is 0 Å². The van der Waals surface area contributed by atoms with Crippen LogP contribution in [0.15, 0.2) is 156 Å². The first-order valence-electron chi connectivity index (χ1n) is 17.8. The van der Waals surface area contributed by atoms with Gasteiger partial charge in [-0.05, 0) is 108 Å². The Kier molecular flexibility index (Phi) is 8.90. The summed E-state index contributed by atoms with van der Waals surface area (Å²) in [5.41, 5.74) is 13.2. The molecule has 0 spiro atoms. The Morgan fingerprint density at radius 2 is 1.20 bits per heavy atom. The number of hydrogen-bond donors (Lipinski definition) is 1. The predicted octanol–water partition coefficient (Wildman–Crippen LogP) is 14.8. The van der Waals surface area contributed by atoms with Crippen molar-refractivity contribution in [2.45, 2.75) is 40.0 Å². The normalized spacial score (nSPS) is 11.9. The topological polar surface area (TPSA) is 25.2 Å². The van der Waals surface area contributed by atoms with Crippen LogP contribution in [0.5, 0.6) is 0 Å². The number of benzene rings is 7. The fraction of sp³-hybridized carbons (Fsp3) is 0.125. The zero-order valence-electron chi connectivity index (χ0n) is 29.5. The Morgan fingerprint density at radius 1 is 0.569 bits per heavy atom. The van der Waals surface area contributed by atoms with E-state index in [1.54, 1.807) is 0 Å². The van der Waals surface area contributed by atoms with Crippen LogP contribution in [0.2, 0.25) is 0 Å². The molecule has 0 saturated carbocycles. The van der Waals surface area contributed by atoms with E-state index in [0.717, 1.165) is 29.0 Å². The molecule has 9 rings (SSSR count). The molecule has 7 aromatic carbocycles. The molecule has 1 N–H and O–H groups in total. The molecule has 2 heterocycles. The Hall–Kier alpha value is -5.64. The lowest BCUT2D eigenvalue weighted by molar-refractivity contribution is 0.668. The minimum atomic E-state index is 0.522. The van der Waals surface area contributed by atoms with Crippen molar-refractivity contribution in [2.24, 2.45) is 0 Å². The van der Waals surface area contributed by atoms with E-state index in [9.17, 15) is 0 Å². The summed E-state index contributed by atoms with van der Waals surface area (Å²) < 4.78 is 8.91. The predicted molar refractivity (Wildman–Crippen MR) is 222 cm³/mol. The number of rotatable bonds is 6. The quantitative estimate of drug-likeness (QED) is 0.189. The number of aryl methyl sites for hydroxylation is 2. The van der Waals surface area contributed by atoms with Crippen molar-refractivity contribution < 1.29 is 4.42 Å². The van der Waals surface area contributed by atoms with Crippen LogP contribution in [-0.2, 0) is 0 Å². The van der Waals surface area contributed by atoms with E-state index in [1.165, 1.54) is 69.9 Å². The summed E-state index contributed by atoms with van der Waals surface area (Å²) in [7, 11) is 0. The zero-order chi connectivity index (χ0) is 34.9. The average Bonchev–Trinajstić information content (AvgIpc) is 3.73. The van der Waals surface area contributed by atoms with Gasteiger partial charge in [-0.15, -0.1) is 11.3 Å². The second-order valence-corrected chi connectivity index (χ2v) is 14.5. The van der Waals surface area contributed by atoms with Gasteiger partial charge in [-0.2, -0.15) is 0 Å². The fourth-order valence-corrected chi connectivity index (χ4v) is 8.23. The first-order chi connectivity index (χ1) is 25.0. The highest BCUT2D eigenvalue weighted by molar-refractivity contribution is 7.26. The maximum Gasteiger partial charge on any atom is 0.136 e. The lowest BCUT2D eigenvalue weighted by Crippen LogP contribution is -1.93. The summed E-state index contributed by atoms with van der Waals surface area (Å²) in [5, 5.41) is 8.71. The molecule has 0 aliphatic rings. The first kappa shape index (κ1) is 32.6. The Balaban J connectivity index is 0.000000224. The molecule has 0 amide bonds. The van der Waals surface area contributed by atoms with Crippen LogP contribution in [0.4, 0.5) is 11.4 Å². The van der Waals surface area contributed by atoms with Gasteiger partial charge in [0.2, 0.25) is 0 Å². The second-order valence-electron chi connectivity index (χ2n) is 13.5. The van der Waals surface area contributed by atoms with Crippen molar-refractivity contribution in [3.63, 3.8) is 0 Å². The monoisotopic (exact) mass is 679 g/mol. The van der Waals surface area contributed by atoms with Crippen molar-refractivity contribution in [1.29, 1.82) is 0 Å². The number of furan rings is 1. The molecule has 3 heteroatoms. The molecule has 0 saturated heterocycles. The zero-order valence-corrected chi connectivity index (χ0v) is 30.4. The van der Waals surface area contributed by atoms with E-state index in [1.807, 2.05) is 11.3 Å². The molecule has 51 heavy (non-hydrogen) atoms. The molecular weight excluding hydrogens is 639 g/mol. The molecule has 0 aliphatic heterocycles. The second kappa shape index (κ2) is 13.9. The van der Waals surface area contributed by atoms with Crippen molar-refractivity contribution >= 4 is 64.8 Å². The Morgan fingerprint density at radius 3 is 1.90 bits per heavy atom. The molecule has 0 aliphatic carbocycles. The fourth-order valence-electron chi connectivity index (χ4n) is 7.14. The molecule has 1 atom stereocenters. The molecule has 250 valence electrons. The standard InChI is InChI=1S/C34H27NOS.C14H14/c1-3-21(2)23-13-15-29-26(19-23)33-30(36-29)16-18-32-34(33)27-20-24(14-17-31(27)37-32)35-28-12-8-7-11-25(28)22-9-5-4-6-10-22;1-11-7-3-5-9-13(11)14-10-6-4-8-12(14)2/h4-21,35H,3H2,1-2H3;3-10H,1-2H3. The number of anilines is 2. The van der Waals surface area contributed by atoms with Crippen LogP contribution < -0.4 is 5.32 Å². The smallest absolute Gasteiger partial charge is 0.136 e. The largest absolute Gasteiger partial charge is 0.456 e. The summed E-state index contributed by atoms with van der Waals surface area (Å²) in [4.78, 5) is 0. The van der Waals surface area contributed by atoms with Crippen molar-refractivity contribution in [3.05, 3.63) is 168 Å². The number of hydrogen-bond acceptors (Lipinski definition) is 3. The van der Waals surface area contributed by atoms with Crippen molar-refractivity contribution in [3.8, 4) is 22.3 Å². The van der Waals surface area contributed by atoms with Gasteiger partial charge in [-0.25, -0.2) is 0 Å². The van der Waals surface area contributed by atoms with Crippen LogP contribution in [0.25, 0.3) is 64.4 Å². The van der Waals surface area contributed by atoms with E-state index in [4.69, 9.17) is 4.42 Å². The maximum atomic E-state index is 6.33. The van der Waals surface area contributed by atoms with Gasteiger partial charge in [0.05, 0.1) is 0 Å². The van der Waals surface area contributed by atoms with Crippen molar-refractivity contribution in [2.75, 3.05) is 5.32 Å². The highest BCUT2D eigenvalue weighted by Gasteiger charge is 2.17. The minimum absolute atomic E-state index is 0.522. The van der Waals surface area contributed by atoms with Crippen LogP contribution in [0.3, 0.4) is 0 Å². The Bertz CT molecular complexity index is 2600. The summed E-state index contributed by atoms with van der Waals surface area (Å²) in [6, 6.07) is 53.8. The third-order valence-corrected chi connectivity index (χ3v) is 11.3. The maximum absolute atomic E-state index is 6.33. The van der Waals surface area contributed by atoms with Crippen LogP contribution in [0, 0.1) is 13.8 Å². The summed E-state index contributed by atoms with van der Waals surface area (Å²) >= 11 is 1.85. The molecular formula is C48H41NOS. The van der Waals surface area contributed by atoms with Gasteiger partial charge < -0.3 is 9.73 Å². The van der Waals surface area contributed by atoms with Gasteiger partial charge in [-0.1, -0.05) is 117 Å². The van der Waals surface area contributed by atoms with E-state index >= 15 is 0 Å². The molecule has 0 bridgehead atoms. The highest BCUT2D eigenvalue weighted by atomic mass is 32.1. The van der Waals surface area contributed by atoms with Gasteiger partial charge in [0, 0.05) is 47.9 Å². The summed E-state index contributed by atoms with van der Waals surface area (Å²) in [5.74, 6) is 0.522. The average molecular weight is 680 g/mol. The lowest BCUT2D eigenvalue weighted by Gasteiger charge is -2.12. The van der Waals surface area contributed by atoms with E-state index in [0.29, 0.717) is 5.92 Å². The third kappa shape index (κ3) is 6.30. The molecule has 1 unspecified atom stereocenters. The summed E-state index contributed by atoms with van der Waals surface area (Å²) in [6.07, 6.45) is 1.12. The van der Waals surface area contributed by atoms with Crippen LogP contribution >= 0.6 is 11.3 Å². The third-order valence-electron chi connectivity index (χ3n) is 10.1. The SMILES string of the molecule is CCC(C)c1ccc2oc3ccc4sc5ccc(Nc6ccccc6-c6ccccc6)cc5c4c3c2c1.Cc1ccccc1-c1ccccc1C. The highest BCUT2D eigenvalue weighted by Crippen LogP contribution is 2.44. The van der Waals surface area contributed by atoms with Crippen LogP contribution in [0.1, 0.15) is 42.9 Å². The molecule has 0 fully saturated rings. The molecule has 2 nitrogen and oxygen atoms in total. The molecule has 9 aromatic rings. The lowest BCUT2D eigenvalue weighted by atomic mass is 9.96. The minimum Gasteiger partial charge on any atom is -0.456 e.